The Morgan fingerprint density at radius 3 is 2.30 bits per heavy atom. The molecule has 1 aromatic carbocycles. The van der Waals surface area contributed by atoms with Gasteiger partial charge in [0.2, 0.25) is 0 Å². The monoisotopic (exact) mass is 320 g/mol. The molecule has 0 radical (unpaired) electrons. The van der Waals surface area contributed by atoms with Crippen LogP contribution in [0.3, 0.4) is 0 Å². The zero-order chi connectivity index (χ0) is 16.2. The first-order valence-electron chi connectivity index (χ1n) is 8.28. The molecule has 3 nitrogen and oxygen atoms in total. The molecule has 1 atom stereocenters. The number of hydrogen-bond donors (Lipinski definition) is 1. The van der Waals surface area contributed by atoms with Crippen LogP contribution >= 0.6 is 0 Å². The van der Waals surface area contributed by atoms with Crippen molar-refractivity contribution in [3.05, 3.63) is 47.5 Å². The van der Waals surface area contributed by atoms with Crippen LogP contribution in [0.2, 0.25) is 0 Å². The van der Waals surface area contributed by atoms with E-state index in [1.54, 1.807) is 4.90 Å². The Balaban J connectivity index is 1.53. The number of amides is 1. The standard InChI is InChI=1S/C18H22F2N2O/c19-14-10-13(11-15(20)12-14)18(23)22-8-6-17(7-9-22)21-16-4-2-1-3-5-16/h1-2,10-12,16-17,21H,3-9H2. The number of nitrogens with one attached hydrogen (secondary N) is 1. The van der Waals surface area contributed by atoms with E-state index in [4.69, 9.17) is 0 Å². The van der Waals surface area contributed by atoms with Gasteiger partial charge in [-0.25, -0.2) is 8.78 Å². The van der Waals surface area contributed by atoms with Crippen molar-refractivity contribution in [1.29, 1.82) is 0 Å². The normalized spacial score (nSPS) is 22.3. The SMILES string of the molecule is O=C(c1cc(F)cc(F)c1)N1CCC(NC2CC=CCC2)CC1. The fourth-order valence-electron chi connectivity index (χ4n) is 3.39. The highest BCUT2D eigenvalue weighted by atomic mass is 19.1. The van der Waals surface area contributed by atoms with Crippen molar-refractivity contribution in [2.45, 2.75) is 44.2 Å². The molecule has 1 heterocycles. The molecule has 0 bridgehead atoms. The summed E-state index contributed by atoms with van der Waals surface area (Å²) in [4.78, 5) is 14.1. The van der Waals surface area contributed by atoms with E-state index in [0.717, 1.165) is 50.3 Å². The summed E-state index contributed by atoms with van der Waals surface area (Å²) in [6, 6.07) is 3.93. The van der Waals surface area contributed by atoms with Crippen LogP contribution in [0.4, 0.5) is 8.78 Å². The molecule has 5 heteroatoms. The molecule has 0 saturated carbocycles. The molecule has 1 fully saturated rings. The fourth-order valence-corrected chi connectivity index (χ4v) is 3.39. The summed E-state index contributed by atoms with van der Waals surface area (Å²) in [7, 11) is 0. The summed E-state index contributed by atoms with van der Waals surface area (Å²) in [6.07, 6.45) is 9.56. The topological polar surface area (TPSA) is 32.3 Å². The molecule has 1 aromatic rings. The van der Waals surface area contributed by atoms with Gasteiger partial charge in [0.15, 0.2) is 0 Å². The van der Waals surface area contributed by atoms with Gasteiger partial charge in [0, 0.05) is 36.8 Å². The van der Waals surface area contributed by atoms with Crippen molar-refractivity contribution in [3.63, 3.8) is 0 Å². The Bertz CT molecular complexity index is 574. The Kier molecular flexibility index (Phi) is 5.06. The Labute approximate surface area is 135 Å². The molecule has 1 aliphatic carbocycles. The van der Waals surface area contributed by atoms with Crippen molar-refractivity contribution in [2.75, 3.05) is 13.1 Å². The molecule has 0 aromatic heterocycles. The maximum absolute atomic E-state index is 13.3. The number of carbonyl (C=O) groups excluding carboxylic acids is 1. The summed E-state index contributed by atoms with van der Waals surface area (Å²) in [5.41, 5.74) is 0.0892. The minimum absolute atomic E-state index is 0.0892. The van der Waals surface area contributed by atoms with Gasteiger partial charge in [-0.15, -0.1) is 0 Å². The molecular formula is C18H22F2N2O. The summed E-state index contributed by atoms with van der Waals surface area (Å²) < 4.78 is 26.5. The van der Waals surface area contributed by atoms with E-state index in [1.165, 1.54) is 0 Å². The van der Waals surface area contributed by atoms with Crippen LogP contribution < -0.4 is 5.32 Å². The maximum atomic E-state index is 13.3. The van der Waals surface area contributed by atoms with Crippen molar-refractivity contribution < 1.29 is 13.6 Å². The third-order valence-corrected chi connectivity index (χ3v) is 4.63. The number of allylic oxidation sites excluding steroid dienone is 1. The maximum Gasteiger partial charge on any atom is 0.254 e. The van der Waals surface area contributed by atoms with Gasteiger partial charge in [0.25, 0.3) is 5.91 Å². The summed E-state index contributed by atoms with van der Waals surface area (Å²) in [5, 5.41) is 3.67. The van der Waals surface area contributed by atoms with Crippen LogP contribution in [-0.2, 0) is 0 Å². The lowest BCUT2D eigenvalue weighted by molar-refractivity contribution is 0.0700. The molecule has 3 rings (SSSR count). The molecular weight excluding hydrogens is 298 g/mol. The summed E-state index contributed by atoms with van der Waals surface area (Å²) in [5.74, 6) is -1.71. The van der Waals surface area contributed by atoms with Crippen LogP contribution in [0.25, 0.3) is 0 Å². The highest BCUT2D eigenvalue weighted by Gasteiger charge is 2.25. The average Bonchev–Trinajstić information content (AvgIpc) is 2.55. The van der Waals surface area contributed by atoms with Crippen LogP contribution in [0.1, 0.15) is 42.5 Å². The zero-order valence-corrected chi connectivity index (χ0v) is 13.1. The largest absolute Gasteiger partial charge is 0.339 e. The Morgan fingerprint density at radius 2 is 1.70 bits per heavy atom. The molecule has 1 saturated heterocycles. The first-order chi connectivity index (χ1) is 11.1. The molecule has 0 spiro atoms. The number of carbonyl (C=O) groups is 1. The lowest BCUT2D eigenvalue weighted by Crippen LogP contribution is -2.48. The number of piperidine rings is 1. The minimum atomic E-state index is -0.713. The fraction of sp³-hybridized carbons (Fsp3) is 0.500. The molecule has 1 aliphatic heterocycles. The third kappa shape index (κ3) is 4.16. The molecule has 124 valence electrons. The highest BCUT2D eigenvalue weighted by Crippen LogP contribution is 2.18. The zero-order valence-electron chi connectivity index (χ0n) is 13.1. The first kappa shape index (κ1) is 16.1. The quantitative estimate of drug-likeness (QED) is 0.867. The van der Waals surface area contributed by atoms with E-state index in [0.29, 0.717) is 25.2 Å². The van der Waals surface area contributed by atoms with E-state index in [-0.39, 0.29) is 11.5 Å². The van der Waals surface area contributed by atoms with Crippen LogP contribution in [0, 0.1) is 11.6 Å². The van der Waals surface area contributed by atoms with Crippen molar-refractivity contribution in [2.24, 2.45) is 0 Å². The first-order valence-corrected chi connectivity index (χ1v) is 8.28. The molecule has 1 unspecified atom stereocenters. The lowest BCUT2D eigenvalue weighted by Gasteiger charge is -2.35. The van der Waals surface area contributed by atoms with Gasteiger partial charge in [-0.1, -0.05) is 12.2 Å². The van der Waals surface area contributed by atoms with Gasteiger partial charge >= 0.3 is 0 Å². The van der Waals surface area contributed by atoms with Gasteiger partial charge in [0.05, 0.1) is 0 Å². The number of halogens is 2. The third-order valence-electron chi connectivity index (χ3n) is 4.63. The molecule has 23 heavy (non-hydrogen) atoms. The van der Waals surface area contributed by atoms with E-state index in [1.807, 2.05) is 0 Å². The number of nitrogens with zero attached hydrogens (tertiary/aromatic N) is 1. The van der Waals surface area contributed by atoms with E-state index >= 15 is 0 Å². The predicted octanol–water partition coefficient (Wildman–Crippen LogP) is 3.27. The van der Waals surface area contributed by atoms with Crippen molar-refractivity contribution in [3.8, 4) is 0 Å². The number of hydrogen-bond acceptors (Lipinski definition) is 2. The Morgan fingerprint density at radius 1 is 1.00 bits per heavy atom. The van der Waals surface area contributed by atoms with E-state index in [9.17, 15) is 13.6 Å². The van der Waals surface area contributed by atoms with Crippen LogP contribution in [0.5, 0.6) is 0 Å². The van der Waals surface area contributed by atoms with Gasteiger partial charge < -0.3 is 10.2 Å². The average molecular weight is 320 g/mol. The van der Waals surface area contributed by atoms with E-state index in [2.05, 4.69) is 17.5 Å². The predicted molar refractivity (Wildman–Crippen MR) is 85.2 cm³/mol. The van der Waals surface area contributed by atoms with Crippen molar-refractivity contribution in [1.82, 2.24) is 10.2 Å². The second kappa shape index (κ2) is 7.21. The van der Waals surface area contributed by atoms with Crippen LogP contribution in [0.15, 0.2) is 30.4 Å². The van der Waals surface area contributed by atoms with Crippen LogP contribution in [-0.4, -0.2) is 36.0 Å². The second-order valence-electron chi connectivity index (χ2n) is 6.37. The molecule has 2 aliphatic rings. The number of rotatable bonds is 3. The highest BCUT2D eigenvalue weighted by molar-refractivity contribution is 5.94. The Hall–Kier alpha value is -1.75. The van der Waals surface area contributed by atoms with Gasteiger partial charge in [-0.2, -0.15) is 0 Å². The summed E-state index contributed by atoms with van der Waals surface area (Å²) >= 11 is 0. The second-order valence-corrected chi connectivity index (χ2v) is 6.37. The minimum Gasteiger partial charge on any atom is -0.339 e. The van der Waals surface area contributed by atoms with Gasteiger partial charge in [-0.3, -0.25) is 4.79 Å². The lowest BCUT2D eigenvalue weighted by atomic mass is 9.97. The van der Waals surface area contributed by atoms with Gasteiger partial charge in [-0.05, 0) is 44.2 Å². The van der Waals surface area contributed by atoms with E-state index < -0.39 is 11.6 Å². The van der Waals surface area contributed by atoms with Gasteiger partial charge in [0.1, 0.15) is 11.6 Å². The molecule has 1 N–H and O–H groups in total. The summed E-state index contributed by atoms with van der Waals surface area (Å²) in [6.45, 7) is 1.24. The number of likely N-dealkylation sites (tertiary alicyclic amines) is 1. The smallest absolute Gasteiger partial charge is 0.254 e. The molecule has 1 amide bonds. The number of benzene rings is 1. The van der Waals surface area contributed by atoms with Crippen molar-refractivity contribution >= 4 is 5.91 Å².